The Morgan fingerprint density at radius 1 is 0.900 bits per heavy atom. The molecule has 110 valence electrons. The molecule has 0 radical (unpaired) electrons. The van der Waals surface area contributed by atoms with Gasteiger partial charge in [0.15, 0.2) is 0 Å². The van der Waals surface area contributed by atoms with Gasteiger partial charge in [-0.3, -0.25) is 0 Å². The van der Waals surface area contributed by atoms with Crippen molar-refractivity contribution in [3.8, 4) is 5.75 Å². The number of anilines is 2. The molecule has 0 spiro atoms. The van der Waals surface area contributed by atoms with Gasteiger partial charge in [0, 0.05) is 51.0 Å². The van der Waals surface area contributed by atoms with E-state index in [1.54, 1.807) is 7.11 Å². The molecule has 1 aromatic rings. The smallest absolute Gasteiger partial charge is 0.144 e. The summed E-state index contributed by atoms with van der Waals surface area (Å²) in [6.45, 7) is 6.76. The Morgan fingerprint density at radius 2 is 1.60 bits per heavy atom. The first-order chi connectivity index (χ1) is 9.78. The van der Waals surface area contributed by atoms with Crippen LogP contribution in [0.15, 0.2) is 18.2 Å². The molecule has 0 unspecified atom stereocenters. The summed E-state index contributed by atoms with van der Waals surface area (Å²) in [5.41, 5.74) is 2.54. The van der Waals surface area contributed by atoms with E-state index in [0.717, 1.165) is 31.9 Å². The van der Waals surface area contributed by atoms with Crippen LogP contribution in [0.3, 0.4) is 0 Å². The summed E-state index contributed by atoms with van der Waals surface area (Å²) in [5, 5.41) is 0. The lowest BCUT2D eigenvalue weighted by Crippen LogP contribution is -2.44. The molecule has 4 heteroatoms. The summed E-state index contributed by atoms with van der Waals surface area (Å²) >= 11 is 0. The summed E-state index contributed by atoms with van der Waals surface area (Å²) in [6, 6.07) is 6.69. The minimum Gasteiger partial charge on any atom is -0.495 e. The van der Waals surface area contributed by atoms with Crippen LogP contribution in [-0.2, 0) is 0 Å². The molecule has 0 amide bonds. The molecule has 1 aromatic carbocycles. The molecule has 0 saturated carbocycles. The first kappa shape index (κ1) is 13.6. The van der Waals surface area contributed by atoms with E-state index in [0.29, 0.717) is 0 Å². The summed E-state index contributed by atoms with van der Waals surface area (Å²) < 4.78 is 5.64. The minimum atomic E-state index is 1.01. The van der Waals surface area contributed by atoms with Crippen molar-refractivity contribution in [1.82, 2.24) is 4.90 Å². The number of ether oxygens (including phenoxy) is 1. The monoisotopic (exact) mass is 275 g/mol. The third-order valence-electron chi connectivity index (χ3n) is 4.48. The standard InChI is InChI=1S/C16H25N3O/c1-17-9-11-19(12-10-17)15-6-5-14(13-16(15)20-2)18-7-3-4-8-18/h5-6,13H,3-4,7-12H2,1-2H3. The van der Waals surface area contributed by atoms with Crippen molar-refractivity contribution in [2.24, 2.45) is 0 Å². The highest BCUT2D eigenvalue weighted by atomic mass is 16.5. The van der Waals surface area contributed by atoms with Crippen molar-refractivity contribution in [3.05, 3.63) is 18.2 Å². The van der Waals surface area contributed by atoms with Crippen LogP contribution in [-0.4, -0.2) is 58.3 Å². The lowest BCUT2D eigenvalue weighted by atomic mass is 10.2. The van der Waals surface area contributed by atoms with Crippen LogP contribution < -0.4 is 14.5 Å². The Hall–Kier alpha value is -1.42. The van der Waals surface area contributed by atoms with Gasteiger partial charge in [-0.05, 0) is 32.0 Å². The lowest BCUT2D eigenvalue weighted by molar-refractivity contribution is 0.311. The van der Waals surface area contributed by atoms with Gasteiger partial charge in [0.2, 0.25) is 0 Å². The van der Waals surface area contributed by atoms with Gasteiger partial charge in [-0.2, -0.15) is 0 Å². The van der Waals surface area contributed by atoms with Crippen LogP contribution in [0.5, 0.6) is 5.75 Å². The number of hydrogen-bond donors (Lipinski definition) is 0. The highest BCUT2D eigenvalue weighted by molar-refractivity contribution is 5.66. The molecule has 0 N–H and O–H groups in total. The number of benzene rings is 1. The van der Waals surface area contributed by atoms with Crippen molar-refractivity contribution >= 4 is 11.4 Å². The molecule has 0 aliphatic carbocycles. The van der Waals surface area contributed by atoms with Gasteiger partial charge in [-0.25, -0.2) is 0 Å². The van der Waals surface area contributed by atoms with Gasteiger partial charge < -0.3 is 19.4 Å². The molecular formula is C16H25N3O. The normalized spacial score (nSPS) is 20.5. The van der Waals surface area contributed by atoms with Gasteiger partial charge in [0.25, 0.3) is 0 Å². The van der Waals surface area contributed by atoms with Crippen molar-refractivity contribution in [2.75, 3.05) is 63.2 Å². The number of likely N-dealkylation sites (N-methyl/N-ethyl adjacent to an activating group) is 1. The van der Waals surface area contributed by atoms with E-state index in [1.165, 1.54) is 37.3 Å². The van der Waals surface area contributed by atoms with Gasteiger partial charge in [0.1, 0.15) is 5.75 Å². The molecular weight excluding hydrogens is 250 g/mol. The Kier molecular flexibility index (Phi) is 4.01. The first-order valence-electron chi connectivity index (χ1n) is 7.64. The van der Waals surface area contributed by atoms with E-state index in [4.69, 9.17) is 4.74 Å². The molecule has 2 aliphatic heterocycles. The lowest BCUT2D eigenvalue weighted by Gasteiger charge is -2.35. The topological polar surface area (TPSA) is 19.0 Å². The maximum atomic E-state index is 5.64. The summed E-state index contributed by atoms with van der Waals surface area (Å²) in [5.74, 6) is 1.01. The molecule has 2 saturated heterocycles. The predicted molar refractivity (Wildman–Crippen MR) is 84.2 cm³/mol. The quantitative estimate of drug-likeness (QED) is 0.840. The largest absolute Gasteiger partial charge is 0.495 e. The van der Waals surface area contributed by atoms with Crippen molar-refractivity contribution in [3.63, 3.8) is 0 Å². The number of rotatable bonds is 3. The van der Waals surface area contributed by atoms with Crippen LogP contribution >= 0.6 is 0 Å². The van der Waals surface area contributed by atoms with E-state index >= 15 is 0 Å². The molecule has 2 heterocycles. The molecule has 20 heavy (non-hydrogen) atoms. The van der Waals surface area contributed by atoms with Gasteiger partial charge >= 0.3 is 0 Å². The van der Waals surface area contributed by atoms with E-state index < -0.39 is 0 Å². The fourth-order valence-electron chi connectivity index (χ4n) is 3.15. The molecule has 4 nitrogen and oxygen atoms in total. The Morgan fingerprint density at radius 3 is 2.25 bits per heavy atom. The summed E-state index contributed by atoms with van der Waals surface area (Å²) in [7, 11) is 3.97. The Balaban J connectivity index is 1.80. The Bertz CT molecular complexity index is 449. The minimum absolute atomic E-state index is 1.01. The van der Waals surface area contributed by atoms with E-state index in [2.05, 4.69) is 39.9 Å². The average molecular weight is 275 g/mol. The fourth-order valence-corrected chi connectivity index (χ4v) is 3.15. The zero-order chi connectivity index (χ0) is 13.9. The van der Waals surface area contributed by atoms with E-state index in [1.807, 2.05) is 0 Å². The van der Waals surface area contributed by atoms with Crippen LogP contribution in [0.2, 0.25) is 0 Å². The molecule has 0 aromatic heterocycles. The van der Waals surface area contributed by atoms with Gasteiger partial charge in [-0.15, -0.1) is 0 Å². The van der Waals surface area contributed by atoms with Crippen LogP contribution in [0.4, 0.5) is 11.4 Å². The highest BCUT2D eigenvalue weighted by Crippen LogP contribution is 2.34. The van der Waals surface area contributed by atoms with Gasteiger partial charge in [0.05, 0.1) is 12.8 Å². The predicted octanol–water partition coefficient (Wildman–Crippen LogP) is 2.05. The van der Waals surface area contributed by atoms with Crippen molar-refractivity contribution in [1.29, 1.82) is 0 Å². The molecule has 2 fully saturated rings. The number of nitrogens with zero attached hydrogens (tertiary/aromatic N) is 3. The molecule has 2 aliphatic rings. The van der Waals surface area contributed by atoms with Gasteiger partial charge in [-0.1, -0.05) is 0 Å². The Labute approximate surface area is 121 Å². The second-order valence-corrected chi connectivity index (χ2v) is 5.84. The number of hydrogen-bond acceptors (Lipinski definition) is 4. The van der Waals surface area contributed by atoms with Crippen molar-refractivity contribution < 1.29 is 4.74 Å². The first-order valence-corrected chi connectivity index (χ1v) is 7.64. The maximum absolute atomic E-state index is 5.64. The van der Waals surface area contributed by atoms with E-state index in [-0.39, 0.29) is 0 Å². The summed E-state index contributed by atoms with van der Waals surface area (Å²) in [4.78, 5) is 7.27. The van der Waals surface area contributed by atoms with Crippen LogP contribution in [0.1, 0.15) is 12.8 Å². The third-order valence-corrected chi connectivity index (χ3v) is 4.48. The second kappa shape index (κ2) is 5.92. The number of piperazine rings is 1. The molecule has 0 atom stereocenters. The maximum Gasteiger partial charge on any atom is 0.144 e. The SMILES string of the molecule is COc1cc(N2CCCC2)ccc1N1CCN(C)CC1. The van der Waals surface area contributed by atoms with Crippen LogP contribution in [0.25, 0.3) is 0 Å². The molecule has 0 bridgehead atoms. The molecule has 3 rings (SSSR count). The van der Waals surface area contributed by atoms with Crippen molar-refractivity contribution in [2.45, 2.75) is 12.8 Å². The fraction of sp³-hybridized carbons (Fsp3) is 0.625. The average Bonchev–Trinajstić information content (AvgIpc) is 3.02. The zero-order valence-electron chi connectivity index (χ0n) is 12.6. The zero-order valence-corrected chi connectivity index (χ0v) is 12.6. The number of methoxy groups -OCH3 is 1. The highest BCUT2D eigenvalue weighted by Gasteiger charge is 2.19. The third kappa shape index (κ3) is 2.70. The van der Waals surface area contributed by atoms with Crippen LogP contribution in [0, 0.1) is 0 Å². The second-order valence-electron chi connectivity index (χ2n) is 5.84. The van der Waals surface area contributed by atoms with E-state index in [9.17, 15) is 0 Å². The summed E-state index contributed by atoms with van der Waals surface area (Å²) in [6.07, 6.45) is 2.62.